The molecular formula is C14H23NO4. The molecule has 1 atom stereocenters. The van der Waals surface area contributed by atoms with Crippen LogP contribution in [0.15, 0.2) is 12.2 Å². The summed E-state index contributed by atoms with van der Waals surface area (Å²) in [5, 5.41) is 11.1. The Morgan fingerprint density at radius 3 is 2.89 bits per heavy atom. The molecule has 0 aliphatic heterocycles. The van der Waals surface area contributed by atoms with Crippen molar-refractivity contribution < 1.29 is 19.4 Å². The maximum Gasteiger partial charge on any atom is 0.407 e. The van der Waals surface area contributed by atoms with Gasteiger partial charge >= 0.3 is 12.1 Å². The summed E-state index contributed by atoms with van der Waals surface area (Å²) in [7, 11) is 0. The minimum atomic E-state index is -0.803. The standard InChI is InChI=1S/C14H23NO4/c16-13(17)10-6-7-11-15-14(18)19-12-8-4-2-1-3-5-9-12/h4,8,12H,1-3,5-7,9-11H2,(H,15,18)(H,16,17)/b8-4-. The Hall–Kier alpha value is -1.52. The van der Waals surface area contributed by atoms with Gasteiger partial charge in [0.1, 0.15) is 6.10 Å². The second-order valence-corrected chi connectivity index (χ2v) is 4.79. The lowest BCUT2D eigenvalue weighted by molar-refractivity contribution is -0.137. The van der Waals surface area contributed by atoms with Crippen molar-refractivity contribution in [2.45, 2.75) is 57.5 Å². The molecular weight excluding hydrogens is 246 g/mol. The number of hydrogen-bond acceptors (Lipinski definition) is 3. The molecule has 0 bridgehead atoms. The molecule has 1 aliphatic rings. The van der Waals surface area contributed by atoms with Crippen molar-refractivity contribution in [1.82, 2.24) is 5.32 Å². The lowest BCUT2D eigenvalue weighted by Gasteiger charge is -2.16. The molecule has 0 aromatic carbocycles. The van der Waals surface area contributed by atoms with Gasteiger partial charge in [-0.2, -0.15) is 0 Å². The Balaban J connectivity index is 2.12. The Morgan fingerprint density at radius 1 is 1.26 bits per heavy atom. The highest BCUT2D eigenvalue weighted by Gasteiger charge is 2.12. The molecule has 1 amide bonds. The first kappa shape index (κ1) is 15.5. The predicted molar refractivity (Wildman–Crippen MR) is 72.0 cm³/mol. The van der Waals surface area contributed by atoms with Gasteiger partial charge in [0.15, 0.2) is 0 Å². The Morgan fingerprint density at radius 2 is 2.11 bits per heavy atom. The van der Waals surface area contributed by atoms with Crippen LogP contribution >= 0.6 is 0 Å². The number of allylic oxidation sites excluding steroid dienone is 1. The van der Waals surface area contributed by atoms with E-state index < -0.39 is 12.1 Å². The van der Waals surface area contributed by atoms with Gasteiger partial charge in [-0.05, 0) is 44.6 Å². The van der Waals surface area contributed by atoms with Gasteiger partial charge in [-0.25, -0.2) is 4.79 Å². The summed E-state index contributed by atoms with van der Waals surface area (Å²) >= 11 is 0. The molecule has 5 heteroatoms. The third kappa shape index (κ3) is 8.24. The largest absolute Gasteiger partial charge is 0.481 e. The van der Waals surface area contributed by atoms with Crippen molar-refractivity contribution in [3.63, 3.8) is 0 Å². The highest BCUT2D eigenvalue weighted by atomic mass is 16.6. The summed E-state index contributed by atoms with van der Waals surface area (Å²) in [6.45, 7) is 0.461. The van der Waals surface area contributed by atoms with Gasteiger partial charge in [0.25, 0.3) is 0 Å². The predicted octanol–water partition coefficient (Wildman–Crippen LogP) is 2.86. The van der Waals surface area contributed by atoms with Crippen LogP contribution in [-0.2, 0) is 9.53 Å². The Bertz CT molecular complexity index is 315. The van der Waals surface area contributed by atoms with Crippen molar-refractivity contribution in [2.24, 2.45) is 0 Å². The van der Waals surface area contributed by atoms with E-state index in [1.807, 2.05) is 6.08 Å². The molecule has 0 saturated heterocycles. The normalized spacial score (nSPS) is 20.9. The summed E-state index contributed by atoms with van der Waals surface area (Å²) in [6.07, 6.45) is 10.3. The lowest BCUT2D eigenvalue weighted by Crippen LogP contribution is -2.29. The van der Waals surface area contributed by atoms with Crippen LogP contribution in [-0.4, -0.2) is 29.8 Å². The summed E-state index contributed by atoms with van der Waals surface area (Å²) in [6, 6.07) is 0. The highest BCUT2D eigenvalue weighted by molar-refractivity contribution is 5.67. The third-order valence-corrected chi connectivity index (χ3v) is 3.06. The van der Waals surface area contributed by atoms with Crippen LogP contribution in [0.4, 0.5) is 4.79 Å². The number of carboxylic acid groups (broad SMARTS) is 1. The molecule has 2 N–H and O–H groups in total. The average molecular weight is 269 g/mol. The van der Waals surface area contributed by atoms with E-state index in [4.69, 9.17) is 9.84 Å². The smallest absolute Gasteiger partial charge is 0.407 e. The summed E-state index contributed by atoms with van der Waals surface area (Å²) < 4.78 is 5.30. The molecule has 0 aromatic heterocycles. The molecule has 19 heavy (non-hydrogen) atoms. The number of alkyl carbamates (subject to hydrolysis) is 1. The van der Waals surface area contributed by atoms with E-state index in [1.165, 1.54) is 12.8 Å². The molecule has 108 valence electrons. The molecule has 5 nitrogen and oxygen atoms in total. The summed E-state index contributed by atoms with van der Waals surface area (Å²) in [5.41, 5.74) is 0. The number of ether oxygens (including phenoxy) is 1. The fraction of sp³-hybridized carbons (Fsp3) is 0.714. The zero-order chi connectivity index (χ0) is 13.9. The first-order valence-corrected chi connectivity index (χ1v) is 7.01. The maximum atomic E-state index is 11.5. The fourth-order valence-electron chi connectivity index (χ4n) is 2.00. The van der Waals surface area contributed by atoms with Crippen LogP contribution in [0.5, 0.6) is 0 Å². The van der Waals surface area contributed by atoms with Crippen molar-refractivity contribution in [3.05, 3.63) is 12.2 Å². The van der Waals surface area contributed by atoms with Gasteiger partial charge in [0.05, 0.1) is 0 Å². The van der Waals surface area contributed by atoms with Crippen LogP contribution in [0.2, 0.25) is 0 Å². The van der Waals surface area contributed by atoms with E-state index in [2.05, 4.69) is 11.4 Å². The minimum absolute atomic E-state index is 0.126. The van der Waals surface area contributed by atoms with Crippen molar-refractivity contribution in [3.8, 4) is 0 Å². The molecule has 1 aliphatic carbocycles. The zero-order valence-electron chi connectivity index (χ0n) is 11.3. The van der Waals surface area contributed by atoms with E-state index in [-0.39, 0.29) is 12.5 Å². The van der Waals surface area contributed by atoms with Crippen molar-refractivity contribution >= 4 is 12.1 Å². The quantitative estimate of drug-likeness (QED) is 0.574. The van der Waals surface area contributed by atoms with E-state index in [0.717, 1.165) is 19.3 Å². The highest BCUT2D eigenvalue weighted by Crippen LogP contribution is 2.14. The number of hydrogen-bond donors (Lipinski definition) is 2. The Kier molecular flexibility index (Phi) is 7.70. The van der Waals surface area contributed by atoms with Crippen LogP contribution in [0.3, 0.4) is 0 Å². The number of amides is 1. The van der Waals surface area contributed by atoms with Gasteiger partial charge in [0, 0.05) is 13.0 Å². The first-order valence-electron chi connectivity index (χ1n) is 7.01. The van der Waals surface area contributed by atoms with E-state index >= 15 is 0 Å². The second kappa shape index (κ2) is 9.42. The monoisotopic (exact) mass is 269 g/mol. The van der Waals surface area contributed by atoms with Crippen LogP contribution in [0.25, 0.3) is 0 Å². The van der Waals surface area contributed by atoms with E-state index in [1.54, 1.807) is 0 Å². The van der Waals surface area contributed by atoms with E-state index in [0.29, 0.717) is 19.4 Å². The number of carbonyl (C=O) groups is 2. The van der Waals surface area contributed by atoms with Crippen LogP contribution in [0.1, 0.15) is 51.4 Å². The van der Waals surface area contributed by atoms with Crippen LogP contribution < -0.4 is 5.32 Å². The topological polar surface area (TPSA) is 75.6 Å². The number of aliphatic carboxylic acids is 1. The fourth-order valence-corrected chi connectivity index (χ4v) is 2.00. The van der Waals surface area contributed by atoms with Gasteiger partial charge in [-0.1, -0.05) is 12.5 Å². The third-order valence-electron chi connectivity index (χ3n) is 3.06. The number of nitrogens with one attached hydrogen (secondary N) is 1. The molecule has 1 rings (SSSR count). The van der Waals surface area contributed by atoms with Gasteiger partial charge in [-0.15, -0.1) is 0 Å². The number of rotatable bonds is 6. The lowest BCUT2D eigenvalue weighted by atomic mass is 10.0. The summed E-state index contributed by atoms with van der Waals surface area (Å²) in [4.78, 5) is 21.8. The van der Waals surface area contributed by atoms with Gasteiger partial charge < -0.3 is 15.2 Å². The van der Waals surface area contributed by atoms with Gasteiger partial charge in [-0.3, -0.25) is 4.79 Å². The minimum Gasteiger partial charge on any atom is -0.481 e. The average Bonchev–Trinajstić information content (AvgIpc) is 2.31. The maximum absolute atomic E-state index is 11.5. The number of carboxylic acids is 1. The molecule has 0 spiro atoms. The molecule has 1 unspecified atom stereocenters. The van der Waals surface area contributed by atoms with Crippen molar-refractivity contribution in [2.75, 3.05) is 6.54 Å². The molecule has 0 heterocycles. The second-order valence-electron chi connectivity index (χ2n) is 4.79. The first-order chi connectivity index (χ1) is 9.18. The summed E-state index contributed by atoms with van der Waals surface area (Å²) in [5.74, 6) is -0.803. The molecule has 0 saturated carbocycles. The van der Waals surface area contributed by atoms with Crippen molar-refractivity contribution in [1.29, 1.82) is 0 Å². The van der Waals surface area contributed by atoms with Crippen LogP contribution in [0, 0.1) is 0 Å². The number of carbonyl (C=O) groups excluding carboxylic acids is 1. The number of unbranched alkanes of at least 4 members (excludes halogenated alkanes) is 1. The van der Waals surface area contributed by atoms with E-state index in [9.17, 15) is 9.59 Å². The molecule has 0 fully saturated rings. The zero-order valence-corrected chi connectivity index (χ0v) is 11.3. The molecule has 0 radical (unpaired) electrons. The molecule has 0 aromatic rings. The SMILES string of the molecule is O=C(O)CCCCNC(=O)OC1/C=C\CCCCC1. The Labute approximate surface area is 114 Å². The van der Waals surface area contributed by atoms with Gasteiger partial charge in [0.2, 0.25) is 0 Å².